The summed E-state index contributed by atoms with van der Waals surface area (Å²) in [6.45, 7) is 2.21. The Hall–Kier alpha value is -0.580. The molecule has 0 unspecified atom stereocenters. The summed E-state index contributed by atoms with van der Waals surface area (Å²) in [4.78, 5) is 11.7. The van der Waals surface area contributed by atoms with E-state index in [1.165, 1.54) is 29.3 Å². The second-order valence-electron chi connectivity index (χ2n) is 3.99. The van der Waals surface area contributed by atoms with Crippen LogP contribution in [0.25, 0.3) is 0 Å². The second-order valence-corrected chi connectivity index (χ2v) is 7.06. The number of hydrogen-bond acceptors (Lipinski definition) is 1. The van der Waals surface area contributed by atoms with Gasteiger partial charge in [0, 0.05) is 0 Å². The van der Waals surface area contributed by atoms with E-state index < -0.39 is 20.9 Å². The van der Waals surface area contributed by atoms with Crippen LogP contribution >= 0.6 is 0 Å². The van der Waals surface area contributed by atoms with Crippen molar-refractivity contribution in [2.75, 3.05) is 0 Å². The van der Waals surface area contributed by atoms with E-state index in [4.69, 9.17) is 0 Å². The van der Waals surface area contributed by atoms with Crippen molar-refractivity contribution < 1.29 is 4.79 Å². The van der Waals surface area contributed by atoms with Gasteiger partial charge < -0.3 is 0 Å². The minimum atomic E-state index is -0.675. The third kappa shape index (κ3) is 7.36. The Morgan fingerprint density at radius 3 is 2.65 bits per heavy atom. The Kier molecular flexibility index (Phi) is 8.05. The molecule has 0 radical (unpaired) electrons. The van der Waals surface area contributed by atoms with E-state index in [0.29, 0.717) is 3.83 Å². The van der Waals surface area contributed by atoms with E-state index in [1.54, 1.807) is 6.08 Å². The van der Waals surface area contributed by atoms with Gasteiger partial charge in [-0.25, -0.2) is 0 Å². The van der Waals surface area contributed by atoms with Gasteiger partial charge in [-0.2, -0.15) is 0 Å². The first kappa shape index (κ1) is 14.5. The molecule has 0 saturated heterocycles. The van der Waals surface area contributed by atoms with Crippen LogP contribution in [0.4, 0.5) is 0 Å². The van der Waals surface area contributed by atoms with Crippen LogP contribution in [0.2, 0.25) is 0 Å². The maximum absolute atomic E-state index is 11.7. The zero-order valence-corrected chi connectivity index (χ0v) is 12.7. The molecule has 0 spiro atoms. The SMILES string of the molecule is CCCCCC/C=C/C(=O)[Te]c1ccccc1. The van der Waals surface area contributed by atoms with Crippen LogP contribution in [0, 0.1) is 0 Å². The van der Waals surface area contributed by atoms with E-state index >= 15 is 0 Å². The van der Waals surface area contributed by atoms with Gasteiger partial charge in [0.1, 0.15) is 0 Å². The van der Waals surface area contributed by atoms with Gasteiger partial charge in [-0.05, 0) is 0 Å². The summed E-state index contributed by atoms with van der Waals surface area (Å²) in [5, 5.41) is 0. The van der Waals surface area contributed by atoms with E-state index in [2.05, 4.69) is 19.1 Å². The van der Waals surface area contributed by atoms with Crippen molar-refractivity contribution in [3.8, 4) is 0 Å². The molecule has 0 atom stereocenters. The average Bonchev–Trinajstić information content (AvgIpc) is 2.35. The molecule has 1 aromatic rings. The predicted molar refractivity (Wildman–Crippen MR) is 74.7 cm³/mol. The van der Waals surface area contributed by atoms with Crippen LogP contribution in [0.5, 0.6) is 0 Å². The molecule has 0 aliphatic heterocycles. The molecule has 0 heterocycles. The predicted octanol–water partition coefficient (Wildman–Crippen LogP) is 3.07. The first-order valence-electron chi connectivity index (χ1n) is 6.26. The summed E-state index contributed by atoms with van der Waals surface area (Å²) >= 11 is -0.675. The number of hydrogen-bond donors (Lipinski definition) is 0. The van der Waals surface area contributed by atoms with Crippen molar-refractivity contribution >= 4 is 28.4 Å². The molecule has 0 bridgehead atoms. The maximum atomic E-state index is 11.7. The fourth-order valence-corrected chi connectivity index (χ4v) is 3.48. The minimum absolute atomic E-state index is 0.331. The number of allylic oxidation sites excluding steroid dienone is 2. The molecule has 17 heavy (non-hydrogen) atoms. The first-order valence-corrected chi connectivity index (χ1v) is 8.59. The molecule has 1 aromatic carbocycles. The molecule has 0 aliphatic rings. The van der Waals surface area contributed by atoms with Crippen molar-refractivity contribution in [1.29, 1.82) is 0 Å². The van der Waals surface area contributed by atoms with Crippen molar-refractivity contribution in [2.45, 2.75) is 39.0 Å². The zero-order chi connectivity index (χ0) is 12.3. The normalized spacial score (nSPS) is 10.9. The third-order valence-electron chi connectivity index (χ3n) is 2.44. The molecule has 1 nitrogen and oxygen atoms in total. The first-order chi connectivity index (χ1) is 8.33. The Morgan fingerprint density at radius 2 is 1.94 bits per heavy atom. The molecule has 0 fully saturated rings. The molecule has 0 saturated carbocycles. The van der Waals surface area contributed by atoms with E-state index in [9.17, 15) is 4.79 Å². The van der Waals surface area contributed by atoms with Crippen LogP contribution in [0.1, 0.15) is 39.0 Å². The molecule has 92 valence electrons. The van der Waals surface area contributed by atoms with Crippen LogP contribution in [0.15, 0.2) is 42.5 Å². The second kappa shape index (κ2) is 9.45. The summed E-state index contributed by atoms with van der Waals surface area (Å²) in [7, 11) is 0. The van der Waals surface area contributed by atoms with Gasteiger partial charge in [0.25, 0.3) is 0 Å². The summed E-state index contributed by atoms with van der Waals surface area (Å²) in [5.74, 6) is 0. The molecular formula is C15H20OTe. The summed E-state index contributed by atoms with van der Waals surface area (Å²) in [6.07, 6.45) is 9.96. The van der Waals surface area contributed by atoms with Crippen molar-refractivity contribution in [1.82, 2.24) is 0 Å². The average molecular weight is 344 g/mol. The molecule has 0 amide bonds. The van der Waals surface area contributed by atoms with Crippen molar-refractivity contribution in [2.24, 2.45) is 0 Å². The summed E-state index contributed by atoms with van der Waals surface area (Å²) < 4.78 is 1.55. The number of rotatable bonds is 8. The van der Waals surface area contributed by atoms with Gasteiger partial charge in [-0.3, -0.25) is 0 Å². The summed E-state index contributed by atoms with van der Waals surface area (Å²) in [5.41, 5.74) is 0. The van der Waals surface area contributed by atoms with Gasteiger partial charge in [-0.15, -0.1) is 0 Å². The number of benzene rings is 1. The molecule has 2 heteroatoms. The van der Waals surface area contributed by atoms with E-state index in [-0.39, 0.29) is 0 Å². The van der Waals surface area contributed by atoms with Gasteiger partial charge in [-0.1, -0.05) is 0 Å². The van der Waals surface area contributed by atoms with Crippen LogP contribution in [-0.2, 0) is 4.79 Å². The van der Waals surface area contributed by atoms with E-state index in [1.807, 2.05) is 24.3 Å². The monoisotopic (exact) mass is 346 g/mol. The van der Waals surface area contributed by atoms with E-state index in [0.717, 1.165) is 6.42 Å². The Morgan fingerprint density at radius 1 is 1.18 bits per heavy atom. The quantitative estimate of drug-likeness (QED) is 0.403. The topological polar surface area (TPSA) is 17.1 Å². The van der Waals surface area contributed by atoms with Crippen molar-refractivity contribution in [3.05, 3.63) is 42.5 Å². The number of carbonyl (C=O) groups is 1. The number of carbonyl (C=O) groups excluding carboxylic acids is 1. The standard InChI is InChI=1S/C15H20OTe/c1-2-3-4-5-6-10-13-15(16)17-14-11-8-7-9-12-14/h7-13H,2-6H2,1H3/b13-10+. The molecule has 0 aromatic heterocycles. The van der Waals surface area contributed by atoms with Gasteiger partial charge in [0.2, 0.25) is 0 Å². The van der Waals surface area contributed by atoms with Crippen LogP contribution < -0.4 is 3.61 Å². The van der Waals surface area contributed by atoms with Gasteiger partial charge >= 0.3 is 115 Å². The molecule has 0 aliphatic carbocycles. The summed E-state index contributed by atoms with van der Waals surface area (Å²) in [6, 6.07) is 10.1. The van der Waals surface area contributed by atoms with Crippen LogP contribution in [0.3, 0.4) is 0 Å². The van der Waals surface area contributed by atoms with Crippen LogP contribution in [-0.4, -0.2) is 24.8 Å². The fourth-order valence-electron chi connectivity index (χ4n) is 1.51. The Labute approximate surface area is 114 Å². The zero-order valence-electron chi connectivity index (χ0n) is 10.4. The van der Waals surface area contributed by atoms with Gasteiger partial charge in [0.15, 0.2) is 0 Å². The Bertz CT molecular complexity index is 343. The van der Waals surface area contributed by atoms with Crippen molar-refractivity contribution in [3.63, 3.8) is 0 Å². The molecule has 0 N–H and O–H groups in total. The Balaban J connectivity index is 2.19. The van der Waals surface area contributed by atoms with Gasteiger partial charge in [0.05, 0.1) is 0 Å². The third-order valence-corrected chi connectivity index (χ3v) is 4.85. The fraction of sp³-hybridized carbons (Fsp3) is 0.400. The molecular weight excluding hydrogens is 324 g/mol. The molecule has 1 rings (SSSR count). The number of unbranched alkanes of at least 4 members (excludes halogenated alkanes) is 4.